The topological polar surface area (TPSA) is 73.9 Å². The fraction of sp³-hybridized carbons (Fsp3) is 0.846. The Morgan fingerprint density at radius 2 is 1.84 bits per heavy atom. The second-order valence-electron chi connectivity index (χ2n) is 5.77. The van der Waals surface area contributed by atoms with Crippen LogP contribution in [0.25, 0.3) is 0 Å². The van der Waals surface area contributed by atoms with Gasteiger partial charge in [0.1, 0.15) is 5.60 Å². The third-order valence-electron chi connectivity index (χ3n) is 2.93. The van der Waals surface area contributed by atoms with E-state index in [0.717, 1.165) is 0 Å². The van der Waals surface area contributed by atoms with Crippen molar-refractivity contribution >= 4 is 12.1 Å². The average molecular weight is 273 g/mol. The van der Waals surface area contributed by atoms with Gasteiger partial charge in [-0.3, -0.25) is 4.79 Å². The highest BCUT2D eigenvalue weighted by atomic mass is 16.6. The predicted octanol–water partition coefficient (Wildman–Crippen LogP) is 1.62. The standard InChI is InChI=1S/C13H23NO5/c1-12(2,3)19-11(16)14-13(9-10(15)17-4)5-7-18-8-6-13/h5-9H2,1-4H3,(H,14,16). The van der Waals surface area contributed by atoms with Crippen LogP contribution in [0, 0.1) is 0 Å². The number of ether oxygens (including phenoxy) is 3. The molecule has 1 saturated heterocycles. The first-order valence-electron chi connectivity index (χ1n) is 6.42. The fourth-order valence-electron chi connectivity index (χ4n) is 1.98. The van der Waals surface area contributed by atoms with Gasteiger partial charge in [-0.2, -0.15) is 0 Å². The number of nitrogens with one attached hydrogen (secondary N) is 1. The van der Waals surface area contributed by atoms with Crippen molar-refractivity contribution in [2.75, 3.05) is 20.3 Å². The van der Waals surface area contributed by atoms with Crippen molar-refractivity contribution in [2.45, 2.75) is 51.2 Å². The minimum absolute atomic E-state index is 0.131. The molecule has 1 heterocycles. The molecule has 6 heteroatoms. The van der Waals surface area contributed by atoms with E-state index in [1.54, 1.807) is 20.8 Å². The van der Waals surface area contributed by atoms with Crippen LogP contribution < -0.4 is 5.32 Å². The Morgan fingerprint density at radius 1 is 1.26 bits per heavy atom. The first-order chi connectivity index (χ1) is 8.76. The molecule has 1 amide bonds. The molecule has 110 valence electrons. The number of methoxy groups -OCH3 is 1. The molecule has 0 aromatic rings. The van der Waals surface area contributed by atoms with E-state index in [0.29, 0.717) is 26.1 Å². The molecule has 0 aromatic carbocycles. The number of esters is 1. The number of carbonyl (C=O) groups is 2. The number of carbonyl (C=O) groups excluding carboxylic acids is 2. The molecule has 0 atom stereocenters. The molecule has 1 aliphatic heterocycles. The third-order valence-corrected chi connectivity index (χ3v) is 2.93. The fourth-order valence-corrected chi connectivity index (χ4v) is 1.98. The summed E-state index contributed by atoms with van der Waals surface area (Å²) < 4.78 is 15.2. The van der Waals surface area contributed by atoms with Gasteiger partial charge in [0.25, 0.3) is 0 Å². The van der Waals surface area contributed by atoms with E-state index in [9.17, 15) is 9.59 Å². The second-order valence-corrected chi connectivity index (χ2v) is 5.77. The zero-order chi connectivity index (χ0) is 14.5. The molecule has 1 fully saturated rings. The summed E-state index contributed by atoms with van der Waals surface area (Å²) in [5.41, 5.74) is -1.20. The van der Waals surface area contributed by atoms with Gasteiger partial charge in [0.05, 0.1) is 19.1 Å². The summed E-state index contributed by atoms with van der Waals surface area (Å²) in [6.45, 7) is 6.40. The monoisotopic (exact) mass is 273 g/mol. The minimum atomic E-state index is -0.631. The van der Waals surface area contributed by atoms with Crippen molar-refractivity contribution in [1.82, 2.24) is 5.32 Å². The number of amides is 1. The maximum absolute atomic E-state index is 11.9. The van der Waals surface area contributed by atoms with Crippen LogP contribution in [0.3, 0.4) is 0 Å². The van der Waals surface area contributed by atoms with E-state index in [2.05, 4.69) is 10.1 Å². The van der Waals surface area contributed by atoms with Crippen molar-refractivity contribution < 1.29 is 23.8 Å². The summed E-state index contributed by atoms with van der Waals surface area (Å²) in [5.74, 6) is -0.349. The second kappa shape index (κ2) is 6.23. The number of hydrogen-bond donors (Lipinski definition) is 1. The van der Waals surface area contributed by atoms with Gasteiger partial charge in [-0.1, -0.05) is 0 Å². The lowest BCUT2D eigenvalue weighted by Crippen LogP contribution is -2.54. The summed E-state index contributed by atoms with van der Waals surface area (Å²) >= 11 is 0. The molecule has 0 saturated carbocycles. The lowest BCUT2D eigenvalue weighted by Gasteiger charge is -2.37. The normalized spacial score (nSPS) is 18.5. The molecule has 0 bridgehead atoms. The van der Waals surface area contributed by atoms with E-state index in [1.165, 1.54) is 7.11 Å². The first-order valence-corrected chi connectivity index (χ1v) is 6.42. The van der Waals surface area contributed by atoms with Crippen LogP contribution in [0.15, 0.2) is 0 Å². The summed E-state index contributed by atoms with van der Waals surface area (Å²) in [7, 11) is 1.34. The largest absolute Gasteiger partial charge is 0.469 e. The predicted molar refractivity (Wildman–Crippen MR) is 68.8 cm³/mol. The summed E-state index contributed by atoms with van der Waals surface area (Å²) in [4.78, 5) is 23.4. The quantitative estimate of drug-likeness (QED) is 0.791. The number of hydrogen-bond acceptors (Lipinski definition) is 5. The number of rotatable bonds is 3. The first kappa shape index (κ1) is 15.8. The Morgan fingerprint density at radius 3 is 2.32 bits per heavy atom. The van der Waals surface area contributed by atoms with Crippen molar-refractivity contribution in [3.8, 4) is 0 Å². The van der Waals surface area contributed by atoms with Crippen molar-refractivity contribution in [1.29, 1.82) is 0 Å². The summed E-state index contributed by atoms with van der Waals surface area (Å²) in [6, 6.07) is 0. The Bertz CT molecular complexity index is 328. The van der Waals surface area contributed by atoms with Gasteiger partial charge in [-0.15, -0.1) is 0 Å². The molecule has 1 rings (SSSR count). The number of alkyl carbamates (subject to hydrolysis) is 1. The highest BCUT2D eigenvalue weighted by molar-refractivity contribution is 5.74. The zero-order valence-corrected chi connectivity index (χ0v) is 12.1. The molecule has 0 radical (unpaired) electrons. The van der Waals surface area contributed by atoms with Gasteiger partial charge in [-0.05, 0) is 33.6 Å². The SMILES string of the molecule is COC(=O)CC1(NC(=O)OC(C)(C)C)CCOCC1. The molecule has 0 spiro atoms. The molecule has 19 heavy (non-hydrogen) atoms. The Hall–Kier alpha value is -1.30. The van der Waals surface area contributed by atoms with Crippen molar-refractivity contribution in [3.63, 3.8) is 0 Å². The van der Waals surface area contributed by atoms with Gasteiger partial charge < -0.3 is 19.5 Å². The summed E-state index contributed by atoms with van der Waals surface area (Å²) in [5, 5.41) is 2.81. The highest BCUT2D eigenvalue weighted by Crippen LogP contribution is 2.25. The van der Waals surface area contributed by atoms with Gasteiger partial charge in [0, 0.05) is 13.2 Å². The van der Waals surface area contributed by atoms with E-state index >= 15 is 0 Å². The van der Waals surface area contributed by atoms with Crippen LogP contribution in [-0.4, -0.2) is 43.5 Å². The smallest absolute Gasteiger partial charge is 0.408 e. The van der Waals surface area contributed by atoms with Crippen LogP contribution in [-0.2, 0) is 19.0 Å². The maximum Gasteiger partial charge on any atom is 0.408 e. The lowest BCUT2D eigenvalue weighted by atomic mass is 9.87. The van der Waals surface area contributed by atoms with Gasteiger partial charge in [0.15, 0.2) is 0 Å². The van der Waals surface area contributed by atoms with Crippen LogP contribution in [0.4, 0.5) is 4.79 Å². The van der Waals surface area contributed by atoms with Gasteiger partial charge >= 0.3 is 12.1 Å². The van der Waals surface area contributed by atoms with E-state index in [4.69, 9.17) is 9.47 Å². The average Bonchev–Trinajstić information content (AvgIpc) is 2.26. The van der Waals surface area contributed by atoms with Crippen LogP contribution in [0.5, 0.6) is 0 Å². The molecular weight excluding hydrogens is 250 g/mol. The highest BCUT2D eigenvalue weighted by Gasteiger charge is 2.38. The molecule has 6 nitrogen and oxygen atoms in total. The molecule has 1 N–H and O–H groups in total. The van der Waals surface area contributed by atoms with Crippen molar-refractivity contribution in [3.05, 3.63) is 0 Å². The van der Waals surface area contributed by atoms with E-state index < -0.39 is 17.2 Å². The molecular formula is C13H23NO5. The van der Waals surface area contributed by atoms with E-state index in [-0.39, 0.29) is 12.4 Å². The molecule has 0 aliphatic carbocycles. The summed E-state index contributed by atoms with van der Waals surface area (Å²) in [6.07, 6.45) is 0.757. The van der Waals surface area contributed by atoms with Crippen LogP contribution in [0.2, 0.25) is 0 Å². The van der Waals surface area contributed by atoms with Crippen molar-refractivity contribution in [2.24, 2.45) is 0 Å². The third kappa shape index (κ3) is 5.46. The minimum Gasteiger partial charge on any atom is -0.469 e. The maximum atomic E-state index is 11.9. The lowest BCUT2D eigenvalue weighted by molar-refractivity contribution is -0.143. The van der Waals surface area contributed by atoms with Crippen LogP contribution in [0.1, 0.15) is 40.0 Å². The molecule has 1 aliphatic rings. The molecule has 0 aromatic heterocycles. The Labute approximate surface area is 113 Å². The van der Waals surface area contributed by atoms with Crippen LogP contribution >= 0.6 is 0 Å². The van der Waals surface area contributed by atoms with E-state index in [1.807, 2.05) is 0 Å². The molecule has 0 unspecified atom stereocenters. The van der Waals surface area contributed by atoms with Gasteiger partial charge in [-0.25, -0.2) is 4.79 Å². The van der Waals surface area contributed by atoms with Gasteiger partial charge in [0.2, 0.25) is 0 Å². The zero-order valence-electron chi connectivity index (χ0n) is 12.1. The Kier molecular flexibility index (Phi) is 5.17. The Balaban J connectivity index is 2.68.